The average Bonchev–Trinajstić information content (AvgIpc) is 3.10. The van der Waals surface area contributed by atoms with Crippen molar-refractivity contribution < 1.29 is 0 Å². The number of piperazine rings is 1. The molecule has 0 spiro atoms. The Hall–Kier alpha value is -0.800. The lowest BCUT2D eigenvalue weighted by molar-refractivity contribution is 0.125. The lowest BCUT2D eigenvalue weighted by Gasteiger charge is -2.38. The Morgan fingerprint density at radius 3 is 2.25 bits per heavy atom. The number of hydrogen-bond donors (Lipinski definition) is 1. The monoisotopic (exact) mass is 366 g/mol. The molecule has 0 unspecified atom stereocenters. The van der Waals surface area contributed by atoms with Crippen LogP contribution in [0.1, 0.15) is 37.3 Å². The van der Waals surface area contributed by atoms with Gasteiger partial charge in [-0.3, -0.25) is 4.90 Å². The Bertz CT molecular complexity index is 634. The molecule has 2 aromatic carbocycles. The van der Waals surface area contributed by atoms with Crippen molar-refractivity contribution in [2.24, 2.45) is 5.92 Å². The van der Waals surface area contributed by atoms with E-state index < -0.39 is 0 Å². The van der Waals surface area contributed by atoms with Gasteiger partial charge in [-0.15, -0.1) is 24.8 Å². The highest BCUT2D eigenvalue weighted by molar-refractivity contribution is 5.85. The Kier molecular flexibility index (Phi) is 7.36. The number of nitrogens with one attached hydrogen (secondary N) is 1. The van der Waals surface area contributed by atoms with E-state index in [1.807, 2.05) is 0 Å². The summed E-state index contributed by atoms with van der Waals surface area (Å²) < 4.78 is 0. The zero-order valence-corrected chi connectivity index (χ0v) is 15.7. The molecule has 0 radical (unpaired) electrons. The standard InChI is InChI=1S/C20H26N2.2ClH/c1-4-8-18-15-19(10-9-16(18)5-1)20(17-6-2-3-7-17)22-13-11-21-12-14-22;;/h1,4-5,8-10,15,17,20-21H,2-3,6-7,11-14H2;2*1H/t20-;;/m0../s1. The van der Waals surface area contributed by atoms with Crippen LogP contribution in [-0.2, 0) is 0 Å². The van der Waals surface area contributed by atoms with Gasteiger partial charge in [-0.25, -0.2) is 0 Å². The van der Waals surface area contributed by atoms with E-state index in [0.717, 1.165) is 19.0 Å². The van der Waals surface area contributed by atoms with Crippen LogP contribution in [0.2, 0.25) is 0 Å². The third-order valence-corrected chi connectivity index (χ3v) is 5.51. The summed E-state index contributed by atoms with van der Waals surface area (Å²) in [5, 5.41) is 6.24. The summed E-state index contributed by atoms with van der Waals surface area (Å²) in [5.74, 6) is 0.847. The summed E-state index contributed by atoms with van der Waals surface area (Å²) in [6.07, 6.45) is 5.64. The van der Waals surface area contributed by atoms with Crippen molar-refractivity contribution in [1.29, 1.82) is 0 Å². The fourth-order valence-corrected chi connectivity index (χ4v) is 4.41. The summed E-state index contributed by atoms with van der Waals surface area (Å²) in [6.45, 7) is 4.65. The Morgan fingerprint density at radius 1 is 0.875 bits per heavy atom. The molecule has 0 bridgehead atoms. The van der Waals surface area contributed by atoms with Gasteiger partial charge in [-0.2, -0.15) is 0 Å². The molecule has 24 heavy (non-hydrogen) atoms. The minimum atomic E-state index is 0. The lowest BCUT2D eigenvalue weighted by atomic mass is 9.88. The van der Waals surface area contributed by atoms with Crippen LogP contribution in [-0.4, -0.2) is 31.1 Å². The van der Waals surface area contributed by atoms with Gasteiger partial charge < -0.3 is 5.32 Å². The van der Waals surface area contributed by atoms with Gasteiger partial charge in [0.15, 0.2) is 0 Å². The molecule has 1 aliphatic heterocycles. The fourth-order valence-electron chi connectivity index (χ4n) is 4.41. The first-order valence-electron chi connectivity index (χ1n) is 8.85. The molecule has 1 N–H and O–H groups in total. The summed E-state index contributed by atoms with van der Waals surface area (Å²) in [5.41, 5.74) is 1.53. The van der Waals surface area contributed by atoms with Crippen molar-refractivity contribution in [3.8, 4) is 0 Å². The molecule has 1 aliphatic carbocycles. The van der Waals surface area contributed by atoms with Crippen LogP contribution in [0.5, 0.6) is 0 Å². The Labute approximate surface area is 157 Å². The van der Waals surface area contributed by atoms with E-state index in [4.69, 9.17) is 0 Å². The zero-order valence-electron chi connectivity index (χ0n) is 14.1. The quantitative estimate of drug-likeness (QED) is 0.837. The van der Waals surface area contributed by atoms with E-state index in [0.29, 0.717) is 6.04 Å². The van der Waals surface area contributed by atoms with Gasteiger partial charge in [0.05, 0.1) is 0 Å². The largest absolute Gasteiger partial charge is 0.314 e. The topological polar surface area (TPSA) is 15.3 Å². The molecule has 0 aromatic heterocycles. The van der Waals surface area contributed by atoms with E-state index in [9.17, 15) is 0 Å². The first-order chi connectivity index (χ1) is 10.9. The van der Waals surface area contributed by atoms with Crippen molar-refractivity contribution in [3.63, 3.8) is 0 Å². The molecule has 1 saturated carbocycles. The van der Waals surface area contributed by atoms with Crippen molar-refractivity contribution in [2.45, 2.75) is 31.7 Å². The van der Waals surface area contributed by atoms with Gasteiger partial charge in [0.25, 0.3) is 0 Å². The molecule has 4 heteroatoms. The van der Waals surface area contributed by atoms with E-state index in [1.165, 1.54) is 55.1 Å². The lowest BCUT2D eigenvalue weighted by Crippen LogP contribution is -2.46. The summed E-state index contributed by atoms with van der Waals surface area (Å²) in [4.78, 5) is 2.73. The fraction of sp³-hybridized carbons (Fsp3) is 0.500. The second-order valence-corrected chi connectivity index (χ2v) is 6.88. The molecule has 0 amide bonds. The second-order valence-electron chi connectivity index (χ2n) is 6.88. The Balaban J connectivity index is 0.00000104. The predicted octanol–water partition coefficient (Wildman–Crippen LogP) is 4.82. The maximum atomic E-state index is 3.50. The third kappa shape index (κ3) is 4.05. The van der Waals surface area contributed by atoms with Crippen LogP contribution in [0, 0.1) is 5.92 Å². The highest BCUT2D eigenvalue weighted by Crippen LogP contribution is 2.40. The van der Waals surface area contributed by atoms with Gasteiger partial charge in [0, 0.05) is 32.2 Å². The molecular formula is C20H28Cl2N2. The minimum Gasteiger partial charge on any atom is -0.314 e. The zero-order chi connectivity index (χ0) is 14.8. The molecule has 1 saturated heterocycles. The van der Waals surface area contributed by atoms with Crippen molar-refractivity contribution in [3.05, 3.63) is 48.0 Å². The summed E-state index contributed by atoms with van der Waals surface area (Å²) in [7, 11) is 0. The van der Waals surface area contributed by atoms with Gasteiger partial charge in [-0.05, 0) is 41.2 Å². The number of nitrogens with zero attached hydrogens (tertiary/aromatic N) is 1. The molecule has 2 aromatic rings. The van der Waals surface area contributed by atoms with E-state index >= 15 is 0 Å². The number of fused-ring (bicyclic) bond motifs is 1. The maximum absolute atomic E-state index is 3.50. The number of halogens is 2. The highest BCUT2D eigenvalue weighted by Gasteiger charge is 2.31. The van der Waals surface area contributed by atoms with E-state index in [1.54, 1.807) is 0 Å². The van der Waals surface area contributed by atoms with Gasteiger partial charge in [0.1, 0.15) is 0 Å². The summed E-state index contributed by atoms with van der Waals surface area (Å²) in [6, 6.07) is 16.5. The van der Waals surface area contributed by atoms with E-state index in [2.05, 4.69) is 52.7 Å². The van der Waals surface area contributed by atoms with Crippen LogP contribution in [0.3, 0.4) is 0 Å². The maximum Gasteiger partial charge on any atom is 0.0377 e. The van der Waals surface area contributed by atoms with Crippen molar-refractivity contribution in [2.75, 3.05) is 26.2 Å². The first-order valence-corrected chi connectivity index (χ1v) is 8.85. The number of rotatable bonds is 3. The molecule has 2 aliphatic rings. The minimum absolute atomic E-state index is 0. The van der Waals surface area contributed by atoms with Crippen LogP contribution in [0.4, 0.5) is 0 Å². The molecule has 1 atom stereocenters. The second kappa shape index (κ2) is 9.05. The number of hydrogen-bond acceptors (Lipinski definition) is 2. The molecule has 4 rings (SSSR count). The van der Waals surface area contributed by atoms with Gasteiger partial charge in [-0.1, -0.05) is 49.2 Å². The van der Waals surface area contributed by atoms with Crippen LogP contribution in [0.15, 0.2) is 42.5 Å². The normalized spacial score (nSPS) is 20.3. The number of benzene rings is 2. The van der Waals surface area contributed by atoms with Gasteiger partial charge in [0.2, 0.25) is 0 Å². The van der Waals surface area contributed by atoms with Crippen LogP contribution < -0.4 is 5.32 Å². The van der Waals surface area contributed by atoms with Crippen molar-refractivity contribution >= 4 is 35.6 Å². The summed E-state index contributed by atoms with van der Waals surface area (Å²) >= 11 is 0. The van der Waals surface area contributed by atoms with E-state index in [-0.39, 0.29) is 24.8 Å². The molecule has 2 fully saturated rings. The first kappa shape index (κ1) is 19.5. The predicted molar refractivity (Wildman–Crippen MR) is 108 cm³/mol. The molecular weight excluding hydrogens is 339 g/mol. The average molecular weight is 367 g/mol. The molecule has 132 valence electrons. The Morgan fingerprint density at radius 2 is 1.54 bits per heavy atom. The SMILES string of the molecule is Cl.Cl.c1ccc2cc([C@H](C3CCCC3)N3CCNCC3)ccc2c1. The van der Waals surface area contributed by atoms with Crippen LogP contribution in [0.25, 0.3) is 10.8 Å². The highest BCUT2D eigenvalue weighted by atomic mass is 35.5. The van der Waals surface area contributed by atoms with Crippen LogP contribution >= 0.6 is 24.8 Å². The van der Waals surface area contributed by atoms with Crippen molar-refractivity contribution in [1.82, 2.24) is 10.2 Å². The molecule has 2 nitrogen and oxygen atoms in total. The van der Waals surface area contributed by atoms with Gasteiger partial charge >= 0.3 is 0 Å². The molecule has 1 heterocycles. The smallest absolute Gasteiger partial charge is 0.0377 e. The third-order valence-electron chi connectivity index (χ3n) is 5.51.